The van der Waals surface area contributed by atoms with E-state index in [-0.39, 0.29) is 11.0 Å². The Hall–Kier alpha value is -1.61. The number of carbonyl (C=O) groups is 1. The van der Waals surface area contributed by atoms with E-state index in [0.717, 1.165) is 0 Å². The van der Waals surface area contributed by atoms with Crippen molar-refractivity contribution in [3.63, 3.8) is 0 Å². The Morgan fingerprint density at radius 1 is 1.00 bits per heavy atom. The average molecular weight is 308 g/mol. The topological polar surface area (TPSA) is 68.8 Å². The average Bonchev–Trinajstić information content (AvgIpc) is 2.48. The van der Waals surface area contributed by atoms with Crippen molar-refractivity contribution in [2.24, 2.45) is 0 Å². The minimum Gasteiger partial charge on any atom is -0.478 e. The van der Waals surface area contributed by atoms with Crippen molar-refractivity contribution in [2.75, 3.05) is 0 Å². The van der Waals surface area contributed by atoms with Gasteiger partial charge in [0.15, 0.2) is 0 Å². The van der Waals surface area contributed by atoms with Gasteiger partial charge in [-0.05, 0) is 25.3 Å². The highest BCUT2D eigenvalue weighted by Crippen LogP contribution is 2.10. The van der Waals surface area contributed by atoms with E-state index < -0.39 is 5.97 Å². The first-order valence-corrected chi connectivity index (χ1v) is 8.00. The van der Waals surface area contributed by atoms with Crippen LogP contribution in [0.1, 0.15) is 64.4 Å². The molecule has 1 aromatic carbocycles. The number of carboxylic acid groups (broad SMARTS) is 1. The van der Waals surface area contributed by atoms with Gasteiger partial charge in [0.2, 0.25) is 0 Å². The van der Waals surface area contributed by atoms with E-state index in [9.17, 15) is 4.79 Å². The summed E-state index contributed by atoms with van der Waals surface area (Å²) in [6, 6.07) is 10.8. The molecule has 1 rings (SSSR count). The fraction of sp³-hybridized carbons (Fsp3) is 0.526. The van der Waals surface area contributed by atoms with E-state index in [1.807, 2.05) is 0 Å². The second-order valence-corrected chi connectivity index (χ2v) is 5.44. The van der Waals surface area contributed by atoms with Gasteiger partial charge in [-0.25, -0.2) is 4.79 Å². The molecule has 0 unspecified atom stereocenters. The Morgan fingerprint density at radius 3 is 1.91 bits per heavy atom. The molecule has 0 fully saturated rings. The lowest BCUT2D eigenvalue weighted by atomic mass is 10.0. The largest absolute Gasteiger partial charge is 0.478 e. The fourth-order valence-corrected chi connectivity index (χ4v) is 1.93. The van der Waals surface area contributed by atoms with Crippen molar-refractivity contribution >= 4 is 5.97 Å². The maximum absolute atomic E-state index is 9.60. The van der Waals surface area contributed by atoms with E-state index in [1.165, 1.54) is 63.9 Å². The van der Waals surface area contributed by atoms with E-state index in [1.54, 1.807) is 0 Å². The normalized spacial score (nSPS) is 9.18. The maximum atomic E-state index is 9.60. The summed E-state index contributed by atoms with van der Waals surface area (Å²) < 4.78 is 0. The molecule has 0 bridgehead atoms. The van der Waals surface area contributed by atoms with Gasteiger partial charge in [0.25, 0.3) is 0 Å². The van der Waals surface area contributed by atoms with Crippen LogP contribution in [0.4, 0.5) is 0 Å². The molecule has 0 atom stereocenters. The molecule has 22 heavy (non-hydrogen) atoms. The molecule has 0 aliphatic carbocycles. The molecule has 0 spiro atoms. The first-order chi connectivity index (χ1) is 10.1. The molecule has 0 aliphatic rings. The van der Waals surface area contributed by atoms with Crippen molar-refractivity contribution in [1.29, 1.82) is 0 Å². The van der Waals surface area contributed by atoms with Crippen molar-refractivity contribution in [2.45, 2.75) is 65.2 Å². The third kappa shape index (κ3) is 14.8. The predicted octanol–water partition coefficient (Wildman–Crippen LogP) is 4.80. The Balaban J connectivity index is 0. The Kier molecular flexibility index (Phi) is 16.3. The van der Waals surface area contributed by atoms with E-state index >= 15 is 0 Å². The highest BCUT2D eigenvalue weighted by molar-refractivity contribution is 5.84. The van der Waals surface area contributed by atoms with Crippen LogP contribution >= 0.6 is 0 Å². The van der Waals surface area contributed by atoms with E-state index in [0.29, 0.717) is 0 Å². The summed E-state index contributed by atoms with van der Waals surface area (Å²) in [5.74, 6) is -0.935. The molecular formula is C19H32O3. The number of benzene rings is 1. The smallest absolute Gasteiger partial charge is 0.330 e. The number of hydrogen-bond donors (Lipinski definition) is 1. The number of unbranched alkanes of at least 4 members (excludes halogenated alkanes) is 6. The number of aliphatic carboxylic acids is 1. The molecule has 0 amide bonds. The molecule has 3 heteroatoms. The molecule has 0 aliphatic heterocycles. The lowest BCUT2D eigenvalue weighted by molar-refractivity contribution is -0.132. The number of aryl methyl sites for hydroxylation is 1. The monoisotopic (exact) mass is 308 g/mol. The zero-order valence-electron chi connectivity index (χ0n) is 14.1. The van der Waals surface area contributed by atoms with Crippen LogP contribution in [0.15, 0.2) is 42.5 Å². The summed E-state index contributed by atoms with van der Waals surface area (Å²) in [6.45, 7) is 6.88. The number of rotatable bonds is 9. The standard InChI is InChI=1S/C15H24.C4H6O2.H2O/c1-2-3-4-5-6-7-9-12-15-13-10-8-11-14-15;1-3(2)4(5)6;/h8,10-11,13-14H,2-7,9,12H2,1H3;1H2,2H3,(H,5,6);1H2. The second kappa shape index (κ2) is 15.8. The van der Waals surface area contributed by atoms with Gasteiger partial charge in [0, 0.05) is 5.57 Å². The molecule has 0 aromatic heterocycles. The first kappa shape index (κ1) is 22.7. The number of hydrogen-bond acceptors (Lipinski definition) is 1. The Bertz CT molecular complexity index is 373. The van der Waals surface area contributed by atoms with Crippen LogP contribution in [-0.2, 0) is 11.2 Å². The van der Waals surface area contributed by atoms with Gasteiger partial charge in [0.1, 0.15) is 0 Å². The molecular weight excluding hydrogens is 276 g/mol. The number of carboxylic acids is 1. The second-order valence-electron chi connectivity index (χ2n) is 5.44. The summed E-state index contributed by atoms with van der Waals surface area (Å²) in [5, 5.41) is 7.89. The lowest BCUT2D eigenvalue weighted by Gasteiger charge is -2.01. The van der Waals surface area contributed by atoms with Gasteiger partial charge < -0.3 is 10.6 Å². The summed E-state index contributed by atoms with van der Waals surface area (Å²) in [5.41, 5.74) is 1.67. The van der Waals surface area contributed by atoms with Crippen molar-refractivity contribution in [3.8, 4) is 0 Å². The minimum absolute atomic E-state index is 0. The molecule has 126 valence electrons. The molecule has 1 aromatic rings. The molecule has 0 heterocycles. The van der Waals surface area contributed by atoms with Gasteiger partial charge >= 0.3 is 5.97 Å². The van der Waals surface area contributed by atoms with Gasteiger partial charge in [-0.2, -0.15) is 0 Å². The van der Waals surface area contributed by atoms with Crippen LogP contribution in [-0.4, -0.2) is 16.6 Å². The molecule has 3 N–H and O–H groups in total. The molecule has 0 saturated heterocycles. The van der Waals surface area contributed by atoms with Crippen LogP contribution in [0.2, 0.25) is 0 Å². The van der Waals surface area contributed by atoms with E-state index in [4.69, 9.17) is 5.11 Å². The van der Waals surface area contributed by atoms with Crippen LogP contribution < -0.4 is 0 Å². The first-order valence-electron chi connectivity index (χ1n) is 8.00. The van der Waals surface area contributed by atoms with Gasteiger partial charge in [-0.15, -0.1) is 0 Å². The van der Waals surface area contributed by atoms with Gasteiger partial charge in [0.05, 0.1) is 0 Å². The summed E-state index contributed by atoms with van der Waals surface area (Å²) >= 11 is 0. The van der Waals surface area contributed by atoms with Crippen LogP contribution in [0.5, 0.6) is 0 Å². The summed E-state index contributed by atoms with van der Waals surface area (Å²) in [6.07, 6.45) is 11.1. The quantitative estimate of drug-likeness (QED) is 0.525. The van der Waals surface area contributed by atoms with Crippen molar-refractivity contribution in [3.05, 3.63) is 48.0 Å². The van der Waals surface area contributed by atoms with Crippen LogP contribution in [0.3, 0.4) is 0 Å². The Labute approximate surface area is 135 Å². The van der Waals surface area contributed by atoms with Gasteiger partial charge in [-0.3, -0.25) is 0 Å². The third-order valence-corrected chi connectivity index (χ3v) is 3.28. The molecule has 0 radical (unpaired) electrons. The predicted molar refractivity (Wildman–Crippen MR) is 94.2 cm³/mol. The molecule has 3 nitrogen and oxygen atoms in total. The van der Waals surface area contributed by atoms with Crippen LogP contribution in [0.25, 0.3) is 0 Å². The minimum atomic E-state index is -0.935. The SMILES string of the molecule is C=C(C)C(=O)O.CCCCCCCCCc1ccccc1.O. The van der Waals surface area contributed by atoms with Crippen molar-refractivity contribution in [1.82, 2.24) is 0 Å². The van der Waals surface area contributed by atoms with Crippen molar-refractivity contribution < 1.29 is 15.4 Å². The lowest BCUT2D eigenvalue weighted by Crippen LogP contribution is -1.92. The summed E-state index contributed by atoms with van der Waals surface area (Å²) in [4.78, 5) is 9.60. The summed E-state index contributed by atoms with van der Waals surface area (Å²) in [7, 11) is 0. The highest BCUT2D eigenvalue weighted by Gasteiger charge is 1.93. The van der Waals surface area contributed by atoms with E-state index in [2.05, 4.69) is 43.8 Å². The molecule has 0 saturated carbocycles. The Morgan fingerprint density at radius 2 is 1.45 bits per heavy atom. The van der Waals surface area contributed by atoms with Gasteiger partial charge in [-0.1, -0.05) is 82.4 Å². The fourth-order valence-electron chi connectivity index (χ4n) is 1.93. The highest BCUT2D eigenvalue weighted by atomic mass is 16.4. The zero-order chi connectivity index (χ0) is 15.9. The maximum Gasteiger partial charge on any atom is 0.330 e. The zero-order valence-corrected chi connectivity index (χ0v) is 14.1. The van der Waals surface area contributed by atoms with Crippen LogP contribution in [0, 0.1) is 0 Å². The third-order valence-electron chi connectivity index (χ3n) is 3.28.